The third kappa shape index (κ3) is 3.80. The molecule has 1 aromatic heterocycles. The summed E-state index contributed by atoms with van der Waals surface area (Å²) in [5, 5.41) is 4.52. The summed E-state index contributed by atoms with van der Waals surface area (Å²) in [4.78, 5) is 28.0. The van der Waals surface area contributed by atoms with E-state index >= 15 is 4.39 Å². The minimum atomic E-state index is -0.685. The lowest BCUT2D eigenvalue weighted by molar-refractivity contribution is 0.0518. The van der Waals surface area contributed by atoms with Crippen LogP contribution in [0.4, 0.5) is 10.1 Å². The number of esters is 1. The fraction of sp³-hybridized carbons (Fsp3) is 0.333. The Morgan fingerprint density at radius 2 is 2.06 bits per heavy atom. The molecule has 3 aromatic rings. The van der Waals surface area contributed by atoms with E-state index in [-0.39, 0.29) is 29.0 Å². The van der Waals surface area contributed by atoms with Crippen LogP contribution in [0.1, 0.15) is 35.1 Å². The number of nitrogens with zero attached hydrogens (tertiary/aromatic N) is 2. The van der Waals surface area contributed by atoms with E-state index in [4.69, 9.17) is 16.3 Å². The Hall–Kier alpha value is -2.55. The standard InChI is InChI=1S/C24H23ClFN3O3S/c1-3-32-24(31)20-21(30)16-10-17(26)19(28-9-8-27-13(2)12-28)11-18(16)29-22(33-23(20)29)14-4-6-15(25)7-5-14/h4-7,10-11,13,22,27H,3,8-9,12H2,1-2H3. The Bertz CT molecular complexity index is 1310. The summed E-state index contributed by atoms with van der Waals surface area (Å²) in [6.45, 7) is 5.97. The van der Waals surface area contributed by atoms with Gasteiger partial charge >= 0.3 is 5.97 Å². The van der Waals surface area contributed by atoms with Crippen molar-refractivity contribution in [1.82, 2.24) is 9.88 Å². The molecule has 1 fully saturated rings. The maximum atomic E-state index is 15.3. The van der Waals surface area contributed by atoms with E-state index in [2.05, 4.69) is 12.2 Å². The van der Waals surface area contributed by atoms with Crippen molar-refractivity contribution in [3.05, 3.63) is 68.6 Å². The summed E-state index contributed by atoms with van der Waals surface area (Å²) in [5.41, 5.74) is 1.49. The maximum Gasteiger partial charge on any atom is 0.344 e. The lowest BCUT2D eigenvalue weighted by Crippen LogP contribution is -2.49. The van der Waals surface area contributed by atoms with E-state index in [1.54, 1.807) is 25.1 Å². The SMILES string of the molecule is CCOC(=O)c1c2n(c3cc(N4CCNC(C)C4)c(F)cc3c1=O)C(c1ccc(Cl)cc1)S2. The molecule has 2 aromatic carbocycles. The molecular weight excluding hydrogens is 465 g/mol. The molecule has 33 heavy (non-hydrogen) atoms. The van der Waals surface area contributed by atoms with Crippen LogP contribution < -0.4 is 15.6 Å². The lowest BCUT2D eigenvalue weighted by atomic mass is 10.1. The Morgan fingerprint density at radius 3 is 2.76 bits per heavy atom. The normalized spacial score (nSPS) is 19.8. The van der Waals surface area contributed by atoms with E-state index < -0.39 is 17.2 Å². The minimum Gasteiger partial charge on any atom is -0.462 e. The van der Waals surface area contributed by atoms with Gasteiger partial charge in [0.2, 0.25) is 5.43 Å². The highest BCUT2D eigenvalue weighted by molar-refractivity contribution is 8.00. The number of anilines is 1. The van der Waals surface area contributed by atoms with Gasteiger partial charge in [0.15, 0.2) is 0 Å². The quantitative estimate of drug-likeness (QED) is 0.550. The van der Waals surface area contributed by atoms with E-state index in [1.807, 2.05) is 21.6 Å². The van der Waals surface area contributed by atoms with E-state index in [1.165, 1.54) is 17.8 Å². The molecule has 0 aliphatic carbocycles. The summed E-state index contributed by atoms with van der Waals surface area (Å²) in [6.07, 6.45) is 0. The number of carbonyl (C=O) groups excluding carboxylic acids is 1. The summed E-state index contributed by atoms with van der Waals surface area (Å²) in [5.74, 6) is -1.16. The highest BCUT2D eigenvalue weighted by Gasteiger charge is 2.37. The number of hydrogen-bond donors (Lipinski definition) is 1. The van der Waals surface area contributed by atoms with Gasteiger partial charge in [-0.25, -0.2) is 9.18 Å². The second-order valence-electron chi connectivity index (χ2n) is 8.24. The molecule has 0 bridgehead atoms. The molecule has 0 radical (unpaired) electrons. The number of ether oxygens (including phenoxy) is 1. The summed E-state index contributed by atoms with van der Waals surface area (Å²) >= 11 is 7.48. The molecule has 1 N–H and O–H groups in total. The van der Waals surface area contributed by atoms with Crippen LogP contribution in [0.3, 0.4) is 0 Å². The molecule has 172 valence electrons. The molecule has 1 saturated heterocycles. The molecule has 0 spiro atoms. The largest absolute Gasteiger partial charge is 0.462 e. The van der Waals surface area contributed by atoms with Gasteiger partial charge in [-0.1, -0.05) is 35.5 Å². The van der Waals surface area contributed by atoms with Gasteiger partial charge in [-0.2, -0.15) is 0 Å². The number of fused-ring (bicyclic) bond motifs is 3. The number of hydrogen-bond acceptors (Lipinski definition) is 6. The molecule has 2 aliphatic heterocycles. The molecule has 2 aliphatic rings. The van der Waals surface area contributed by atoms with Crippen LogP contribution in [-0.4, -0.2) is 42.8 Å². The molecule has 9 heteroatoms. The predicted molar refractivity (Wildman–Crippen MR) is 129 cm³/mol. The molecular formula is C24H23ClFN3O3S. The van der Waals surface area contributed by atoms with Crippen molar-refractivity contribution in [3.63, 3.8) is 0 Å². The fourth-order valence-electron chi connectivity index (χ4n) is 4.47. The molecule has 5 rings (SSSR count). The Kier molecular flexibility index (Phi) is 5.84. The third-order valence-corrected chi connectivity index (χ3v) is 7.61. The zero-order valence-electron chi connectivity index (χ0n) is 18.2. The van der Waals surface area contributed by atoms with Gasteiger partial charge in [-0.15, -0.1) is 0 Å². The molecule has 6 nitrogen and oxygen atoms in total. The Balaban J connectivity index is 1.73. The van der Waals surface area contributed by atoms with Crippen LogP contribution in [0, 0.1) is 5.82 Å². The Morgan fingerprint density at radius 1 is 1.30 bits per heavy atom. The van der Waals surface area contributed by atoms with Crippen LogP contribution in [0.15, 0.2) is 46.2 Å². The smallest absolute Gasteiger partial charge is 0.344 e. The van der Waals surface area contributed by atoms with Crippen LogP contribution in [-0.2, 0) is 4.74 Å². The van der Waals surface area contributed by atoms with Gasteiger partial charge in [0.1, 0.15) is 16.8 Å². The summed E-state index contributed by atoms with van der Waals surface area (Å²) in [7, 11) is 0. The second-order valence-corrected chi connectivity index (χ2v) is 9.75. The van der Waals surface area contributed by atoms with Gasteiger partial charge < -0.3 is 19.5 Å². The third-order valence-electron chi connectivity index (χ3n) is 6.03. The monoisotopic (exact) mass is 487 g/mol. The van der Waals surface area contributed by atoms with E-state index in [9.17, 15) is 9.59 Å². The number of pyridine rings is 1. The number of piperazine rings is 1. The van der Waals surface area contributed by atoms with Crippen molar-refractivity contribution in [2.24, 2.45) is 0 Å². The van der Waals surface area contributed by atoms with Crippen molar-refractivity contribution in [3.8, 4) is 0 Å². The predicted octanol–water partition coefficient (Wildman–Crippen LogP) is 4.42. The number of benzene rings is 2. The summed E-state index contributed by atoms with van der Waals surface area (Å²) in [6, 6.07) is 10.7. The van der Waals surface area contributed by atoms with Crippen molar-refractivity contribution in [2.45, 2.75) is 30.3 Å². The van der Waals surface area contributed by atoms with Crippen LogP contribution in [0.25, 0.3) is 10.9 Å². The van der Waals surface area contributed by atoms with Crippen LogP contribution >= 0.6 is 23.4 Å². The lowest BCUT2D eigenvalue weighted by Gasteiger charge is -2.37. The van der Waals surface area contributed by atoms with Crippen LogP contribution in [0.2, 0.25) is 5.02 Å². The van der Waals surface area contributed by atoms with Crippen molar-refractivity contribution < 1.29 is 13.9 Å². The zero-order valence-corrected chi connectivity index (χ0v) is 19.8. The van der Waals surface area contributed by atoms with E-state index in [0.717, 1.165) is 12.1 Å². The number of halogens is 2. The average Bonchev–Trinajstić information content (AvgIpc) is 2.77. The second kappa shape index (κ2) is 8.66. The van der Waals surface area contributed by atoms with Crippen molar-refractivity contribution in [2.75, 3.05) is 31.1 Å². The molecule has 0 amide bonds. The first-order valence-corrected chi connectivity index (χ1v) is 12.1. The molecule has 2 atom stereocenters. The number of rotatable bonds is 4. The van der Waals surface area contributed by atoms with Gasteiger partial charge in [-0.3, -0.25) is 4.79 Å². The van der Waals surface area contributed by atoms with Gasteiger partial charge in [0.25, 0.3) is 0 Å². The summed E-state index contributed by atoms with van der Waals surface area (Å²) < 4.78 is 22.3. The van der Waals surface area contributed by atoms with Crippen LogP contribution in [0.5, 0.6) is 0 Å². The van der Waals surface area contributed by atoms with Gasteiger partial charge in [-0.05, 0) is 43.7 Å². The van der Waals surface area contributed by atoms with Gasteiger partial charge in [0, 0.05) is 36.1 Å². The van der Waals surface area contributed by atoms with Crippen molar-refractivity contribution >= 4 is 45.9 Å². The number of nitrogens with one attached hydrogen (secondary N) is 1. The number of aromatic nitrogens is 1. The Labute approximate surface area is 199 Å². The highest BCUT2D eigenvalue weighted by Crippen LogP contribution is 2.50. The van der Waals surface area contributed by atoms with Crippen molar-refractivity contribution in [1.29, 1.82) is 0 Å². The highest BCUT2D eigenvalue weighted by atomic mass is 35.5. The first-order chi connectivity index (χ1) is 15.9. The van der Waals surface area contributed by atoms with Gasteiger partial charge in [0.05, 0.1) is 22.8 Å². The number of carbonyl (C=O) groups is 1. The number of thioether (sulfide) groups is 1. The minimum absolute atomic E-state index is 0.0393. The first kappa shape index (κ1) is 22.3. The molecule has 3 heterocycles. The topological polar surface area (TPSA) is 63.6 Å². The molecule has 2 unspecified atom stereocenters. The zero-order chi connectivity index (χ0) is 23.3. The fourth-order valence-corrected chi connectivity index (χ4v) is 5.88. The average molecular weight is 488 g/mol. The first-order valence-electron chi connectivity index (χ1n) is 10.9. The molecule has 0 saturated carbocycles. The van der Waals surface area contributed by atoms with E-state index in [0.29, 0.717) is 34.3 Å². The maximum absolute atomic E-state index is 15.3.